The number of rotatable bonds is 1. The number of hydrogen-bond acceptors (Lipinski definition) is 2. The van der Waals surface area contributed by atoms with Gasteiger partial charge in [-0.2, -0.15) is 0 Å². The highest BCUT2D eigenvalue weighted by atomic mass is 16.3. The molecule has 0 aromatic rings. The highest BCUT2D eigenvalue weighted by molar-refractivity contribution is 4.91. The largest absolute Gasteiger partial charge is 0.392 e. The van der Waals surface area contributed by atoms with Gasteiger partial charge in [-0.1, -0.05) is 13.8 Å². The zero-order valence-corrected chi connectivity index (χ0v) is 7.72. The third-order valence-corrected chi connectivity index (χ3v) is 3.01. The zero-order valence-electron chi connectivity index (χ0n) is 7.72. The molecule has 2 nitrogen and oxygen atoms in total. The molecule has 11 heavy (non-hydrogen) atoms. The SMILES string of the molecule is CC(C)C1(C)CCC(O)CN1. The summed E-state index contributed by atoms with van der Waals surface area (Å²) in [5.74, 6) is 0.648. The first-order valence-corrected chi connectivity index (χ1v) is 4.48. The van der Waals surface area contributed by atoms with Gasteiger partial charge < -0.3 is 10.4 Å². The minimum Gasteiger partial charge on any atom is -0.392 e. The van der Waals surface area contributed by atoms with Crippen LogP contribution in [-0.2, 0) is 0 Å². The Labute approximate surface area is 69.0 Å². The maximum absolute atomic E-state index is 9.26. The maximum Gasteiger partial charge on any atom is 0.0665 e. The van der Waals surface area contributed by atoms with E-state index in [4.69, 9.17) is 0 Å². The summed E-state index contributed by atoms with van der Waals surface area (Å²) in [6.45, 7) is 7.45. The van der Waals surface area contributed by atoms with Gasteiger partial charge in [0.25, 0.3) is 0 Å². The number of aliphatic hydroxyl groups excluding tert-OH is 1. The van der Waals surface area contributed by atoms with E-state index in [1.54, 1.807) is 0 Å². The summed E-state index contributed by atoms with van der Waals surface area (Å²) in [4.78, 5) is 0. The van der Waals surface area contributed by atoms with Gasteiger partial charge in [-0.3, -0.25) is 0 Å². The minimum absolute atomic E-state index is 0.123. The summed E-state index contributed by atoms with van der Waals surface area (Å²) in [5, 5.41) is 12.7. The van der Waals surface area contributed by atoms with Gasteiger partial charge >= 0.3 is 0 Å². The molecule has 0 aliphatic carbocycles. The van der Waals surface area contributed by atoms with E-state index in [0.717, 1.165) is 19.4 Å². The van der Waals surface area contributed by atoms with Crippen molar-refractivity contribution >= 4 is 0 Å². The number of aliphatic hydroxyl groups is 1. The average molecular weight is 157 g/mol. The quantitative estimate of drug-likeness (QED) is 0.598. The first-order valence-electron chi connectivity index (χ1n) is 4.48. The number of β-amino-alcohol motifs (C(OH)–C–C–N with tert-alkyl or cyclic N) is 1. The molecule has 0 aromatic carbocycles. The average Bonchev–Trinajstić information content (AvgIpc) is 1.95. The summed E-state index contributed by atoms with van der Waals surface area (Å²) in [5.41, 5.74) is 0.249. The molecule has 0 saturated carbocycles. The van der Waals surface area contributed by atoms with Gasteiger partial charge in [0.2, 0.25) is 0 Å². The third-order valence-electron chi connectivity index (χ3n) is 3.01. The fourth-order valence-corrected chi connectivity index (χ4v) is 1.50. The molecule has 0 amide bonds. The molecular formula is C9H19NO. The van der Waals surface area contributed by atoms with E-state index in [1.807, 2.05) is 0 Å². The Kier molecular flexibility index (Phi) is 2.55. The van der Waals surface area contributed by atoms with Crippen molar-refractivity contribution in [3.63, 3.8) is 0 Å². The van der Waals surface area contributed by atoms with Crippen LogP contribution in [0.15, 0.2) is 0 Å². The van der Waals surface area contributed by atoms with Gasteiger partial charge in [0, 0.05) is 12.1 Å². The molecule has 1 aliphatic heterocycles. The molecule has 1 rings (SSSR count). The van der Waals surface area contributed by atoms with E-state index in [9.17, 15) is 5.11 Å². The molecule has 2 N–H and O–H groups in total. The van der Waals surface area contributed by atoms with Crippen LogP contribution in [0.3, 0.4) is 0 Å². The molecule has 1 aliphatic rings. The Balaban J connectivity index is 2.48. The van der Waals surface area contributed by atoms with Crippen LogP contribution in [0.1, 0.15) is 33.6 Å². The lowest BCUT2D eigenvalue weighted by atomic mass is 9.81. The summed E-state index contributed by atoms with van der Waals surface area (Å²) in [6.07, 6.45) is 1.91. The first kappa shape index (κ1) is 9.01. The lowest BCUT2D eigenvalue weighted by molar-refractivity contribution is 0.0809. The van der Waals surface area contributed by atoms with E-state index in [-0.39, 0.29) is 11.6 Å². The smallest absolute Gasteiger partial charge is 0.0665 e. The van der Waals surface area contributed by atoms with Gasteiger partial charge in [0.15, 0.2) is 0 Å². The molecular weight excluding hydrogens is 138 g/mol. The van der Waals surface area contributed by atoms with Gasteiger partial charge in [0.1, 0.15) is 0 Å². The number of hydrogen-bond donors (Lipinski definition) is 2. The van der Waals surface area contributed by atoms with Gasteiger partial charge in [0.05, 0.1) is 6.10 Å². The Hall–Kier alpha value is -0.0800. The van der Waals surface area contributed by atoms with Crippen LogP contribution in [0.4, 0.5) is 0 Å². The summed E-state index contributed by atoms with van der Waals surface area (Å²) >= 11 is 0. The van der Waals surface area contributed by atoms with Crippen molar-refractivity contribution < 1.29 is 5.11 Å². The summed E-state index contributed by atoms with van der Waals surface area (Å²) < 4.78 is 0. The van der Waals surface area contributed by atoms with E-state index >= 15 is 0 Å². The van der Waals surface area contributed by atoms with Crippen LogP contribution < -0.4 is 5.32 Å². The third kappa shape index (κ3) is 1.94. The van der Waals surface area contributed by atoms with Crippen molar-refractivity contribution in [1.82, 2.24) is 5.32 Å². The molecule has 0 aromatic heterocycles. The Bertz CT molecular complexity index is 126. The fraction of sp³-hybridized carbons (Fsp3) is 1.00. The predicted octanol–water partition coefficient (Wildman–Crippen LogP) is 1.15. The van der Waals surface area contributed by atoms with Crippen LogP contribution in [0.5, 0.6) is 0 Å². The Morgan fingerprint density at radius 2 is 2.18 bits per heavy atom. The van der Waals surface area contributed by atoms with Crippen LogP contribution in [0, 0.1) is 5.92 Å². The van der Waals surface area contributed by atoms with Crippen molar-refractivity contribution in [1.29, 1.82) is 0 Å². The van der Waals surface area contributed by atoms with Gasteiger partial charge in [-0.15, -0.1) is 0 Å². The molecule has 1 fully saturated rings. The number of piperidine rings is 1. The van der Waals surface area contributed by atoms with Gasteiger partial charge in [-0.25, -0.2) is 0 Å². The predicted molar refractivity (Wildman–Crippen MR) is 46.5 cm³/mol. The molecule has 2 heteroatoms. The van der Waals surface area contributed by atoms with Gasteiger partial charge in [-0.05, 0) is 25.7 Å². The molecule has 2 unspecified atom stereocenters. The first-order chi connectivity index (χ1) is 5.04. The molecule has 1 heterocycles. The lowest BCUT2D eigenvalue weighted by Gasteiger charge is -2.40. The summed E-state index contributed by atoms with van der Waals surface area (Å²) in [7, 11) is 0. The van der Waals surface area contributed by atoms with Crippen molar-refractivity contribution in [3.8, 4) is 0 Å². The topological polar surface area (TPSA) is 32.3 Å². The van der Waals surface area contributed by atoms with Crippen molar-refractivity contribution in [2.75, 3.05) is 6.54 Å². The maximum atomic E-state index is 9.26. The minimum atomic E-state index is -0.123. The lowest BCUT2D eigenvalue weighted by Crippen LogP contribution is -2.53. The van der Waals surface area contributed by atoms with Crippen LogP contribution >= 0.6 is 0 Å². The van der Waals surface area contributed by atoms with Crippen molar-refractivity contribution in [3.05, 3.63) is 0 Å². The molecule has 0 radical (unpaired) electrons. The Morgan fingerprint density at radius 1 is 1.55 bits per heavy atom. The molecule has 1 saturated heterocycles. The summed E-state index contributed by atoms with van der Waals surface area (Å²) in [6, 6.07) is 0. The molecule has 66 valence electrons. The Morgan fingerprint density at radius 3 is 2.55 bits per heavy atom. The second-order valence-corrected chi connectivity index (χ2v) is 4.15. The van der Waals surface area contributed by atoms with E-state index < -0.39 is 0 Å². The second-order valence-electron chi connectivity index (χ2n) is 4.15. The van der Waals surface area contributed by atoms with Crippen molar-refractivity contribution in [2.24, 2.45) is 5.92 Å². The fourth-order valence-electron chi connectivity index (χ4n) is 1.50. The van der Waals surface area contributed by atoms with Crippen LogP contribution in [-0.4, -0.2) is 23.3 Å². The second kappa shape index (κ2) is 3.11. The molecule has 0 bridgehead atoms. The van der Waals surface area contributed by atoms with Crippen LogP contribution in [0.2, 0.25) is 0 Å². The zero-order chi connectivity index (χ0) is 8.48. The normalized spacial score (nSPS) is 39.5. The number of nitrogens with one attached hydrogen (secondary N) is 1. The standard InChI is InChI=1S/C9H19NO/c1-7(2)9(3)5-4-8(11)6-10-9/h7-8,10-11H,4-6H2,1-3H3. The van der Waals surface area contributed by atoms with Crippen LogP contribution in [0.25, 0.3) is 0 Å². The molecule has 2 atom stereocenters. The highest BCUT2D eigenvalue weighted by Crippen LogP contribution is 2.26. The van der Waals surface area contributed by atoms with E-state index in [2.05, 4.69) is 26.1 Å². The van der Waals surface area contributed by atoms with E-state index in [1.165, 1.54) is 0 Å². The highest BCUT2D eigenvalue weighted by Gasteiger charge is 2.32. The monoisotopic (exact) mass is 157 g/mol. The molecule has 0 spiro atoms. The van der Waals surface area contributed by atoms with E-state index in [0.29, 0.717) is 5.92 Å². The van der Waals surface area contributed by atoms with Crippen molar-refractivity contribution in [2.45, 2.75) is 45.3 Å².